The Hall–Kier alpha value is -1.42. The Morgan fingerprint density at radius 1 is 1.23 bits per heavy atom. The highest BCUT2D eigenvalue weighted by molar-refractivity contribution is 14.0. The van der Waals surface area contributed by atoms with Crippen LogP contribution in [0, 0.1) is 5.92 Å². The third-order valence-corrected chi connectivity index (χ3v) is 5.02. The summed E-state index contributed by atoms with van der Waals surface area (Å²) < 4.78 is 1.99. The summed E-state index contributed by atoms with van der Waals surface area (Å²) in [4.78, 5) is 6.84. The van der Waals surface area contributed by atoms with E-state index in [1.54, 1.807) is 7.05 Å². The van der Waals surface area contributed by atoms with Crippen LogP contribution in [0.1, 0.15) is 32.0 Å². The van der Waals surface area contributed by atoms with E-state index in [9.17, 15) is 0 Å². The van der Waals surface area contributed by atoms with Crippen molar-refractivity contribution in [2.75, 3.05) is 33.2 Å². The second-order valence-electron chi connectivity index (χ2n) is 6.56. The molecule has 8 heteroatoms. The molecule has 0 aromatic carbocycles. The summed E-state index contributed by atoms with van der Waals surface area (Å²) in [5.41, 5.74) is 0.862. The Balaban J connectivity index is 0.00000243. The van der Waals surface area contributed by atoms with Gasteiger partial charge in [-0.25, -0.2) is 0 Å². The lowest BCUT2D eigenvalue weighted by molar-refractivity contribution is 0.187. The van der Waals surface area contributed by atoms with Crippen molar-refractivity contribution in [3.63, 3.8) is 0 Å². The maximum atomic E-state index is 4.30. The highest BCUT2D eigenvalue weighted by Crippen LogP contribution is 2.19. The van der Waals surface area contributed by atoms with Gasteiger partial charge in [-0.2, -0.15) is 0 Å². The third kappa shape index (κ3) is 5.54. The molecule has 1 fully saturated rings. The molecule has 2 N–H and O–H groups in total. The van der Waals surface area contributed by atoms with Crippen molar-refractivity contribution >= 4 is 35.6 Å². The topological polar surface area (TPSA) is 69.8 Å². The average Bonchev–Trinajstić information content (AvgIpc) is 3.08. The van der Waals surface area contributed by atoms with E-state index in [2.05, 4.69) is 37.6 Å². The van der Waals surface area contributed by atoms with Gasteiger partial charge in [0.05, 0.1) is 6.54 Å². The number of aromatic nitrogens is 3. The van der Waals surface area contributed by atoms with E-state index in [-0.39, 0.29) is 24.0 Å². The van der Waals surface area contributed by atoms with Gasteiger partial charge in [-0.1, -0.05) is 13.0 Å². The largest absolute Gasteiger partial charge is 0.356 e. The highest BCUT2D eigenvalue weighted by Gasteiger charge is 2.17. The van der Waals surface area contributed by atoms with E-state index in [0.717, 1.165) is 29.9 Å². The SMILES string of the molecule is CCN1CCC(CCNC(=NC)NCc2nnc3ccccn23)CC1.I. The molecule has 144 valence electrons. The van der Waals surface area contributed by atoms with Gasteiger partial charge in [0.15, 0.2) is 17.4 Å². The van der Waals surface area contributed by atoms with Gasteiger partial charge in [0.1, 0.15) is 0 Å². The maximum absolute atomic E-state index is 4.30. The average molecular weight is 471 g/mol. The Labute approximate surface area is 172 Å². The van der Waals surface area contributed by atoms with Gasteiger partial charge in [0.2, 0.25) is 0 Å². The molecule has 0 unspecified atom stereocenters. The molecule has 0 atom stereocenters. The van der Waals surface area contributed by atoms with E-state index in [0.29, 0.717) is 6.54 Å². The Bertz CT molecular complexity index is 692. The fourth-order valence-corrected chi connectivity index (χ4v) is 3.38. The highest BCUT2D eigenvalue weighted by atomic mass is 127. The van der Waals surface area contributed by atoms with E-state index >= 15 is 0 Å². The number of hydrogen-bond donors (Lipinski definition) is 2. The van der Waals surface area contributed by atoms with Gasteiger partial charge in [0, 0.05) is 19.8 Å². The molecule has 3 heterocycles. The Morgan fingerprint density at radius 3 is 2.77 bits per heavy atom. The molecule has 1 saturated heterocycles. The second-order valence-corrected chi connectivity index (χ2v) is 6.56. The molecule has 2 aromatic heterocycles. The van der Waals surface area contributed by atoms with Crippen molar-refractivity contribution in [3.8, 4) is 0 Å². The van der Waals surface area contributed by atoms with Gasteiger partial charge in [-0.05, 0) is 56.9 Å². The minimum absolute atomic E-state index is 0. The number of piperidine rings is 1. The number of rotatable bonds is 6. The molecule has 0 amide bonds. The molecule has 0 saturated carbocycles. The lowest BCUT2D eigenvalue weighted by atomic mass is 9.93. The van der Waals surface area contributed by atoms with Crippen LogP contribution in [0.5, 0.6) is 0 Å². The summed E-state index contributed by atoms with van der Waals surface area (Å²) in [6, 6.07) is 5.90. The molecule has 0 aliphatic carbocycles. The zero-order chi connectivity index (χ0) is 17.5. The minimum atomic E-state index is 0. The van der Waals surface area contributed by atoms with Crippen LogP contribution in [0.2, 0.25) is 0 Å². The predicted octanol–water partition coefficient (Wildman–Crippen LogP) is 2.13. The smallest absolute Gasteiger partial charge is 0.191 e. The first kappa shape index (κ1) is 20.9. The molecule has 3 rings (SSSR count). The van der Waals surface area contributed by atoms with Crippen LogP contribution in [0.25, 0.3) is 5.65 Å². The van der Waals surface area contributed by atoms with Crippen molar-refractivity contribution in [2.45, 2.75) is 32.7 Å². The first-order valence-electron chi connectivity index (χ1n) is 9.25. The summed E-state index contributed by atoms with van der Waals surface area (Å²) in [6.07, 6.45) is 5.80. The van der Waals surface area contributed by atoms with E-state index in [1.165, 1.54) is 38.9 Å². The first-order chi connectivity index (χ1) is 12.3. The number of likely N-dealkylation sites (tertiary alicyclic amines) is 1. The van der Waals surface area contributed by atoms with E-state index in [1.807, 2.05) is 28.8 Å². The predicted molar refractivity (Wildman–Crippen MR) is 116 cm³/mol. The number of fused-ring (bicyclic) bond motifs is 1. The van der Waals surface area contributed by atoms with Gasteiger partial charge in [-0.15, -0.1) is 34.2 Å². The van der Waals surface area contributed by atoms with Crippen molar-refractivity contribution in [1.29, 1.82) is 0 Å². The molecule has 2 aromatic rings. The van der Waals surface area contributed by atoms with Crippen molar-refractivity contribution in [3.05, 3.63) is 30.2 Å². The lowest BCUT2D eigenvalue weighted by Crippen LogP contribution is -2.39. The number of hydrogen-bond acceptors (Lipinski definition) is 4. The number of aliphatic imine (C=N–C) groups is 1. The van der Waals surface area contributed by atoms with Crippen LogP contribution in [0.3, 0.4) is 0 Å². The van der Waals surface area contributed by atoms with Gasteiger partial charge < -0.3 is 15.5 Å². The fraction of sp³-hybridized carbons (Fsp3) is 0.611. The van der Waals surface area contributed by atoms with Gasteiger partial charge in [-0.3, -0.25) is 9.39 Å². The van der Waals surface area contributed by atoms with E-state index in [4.69, 9.17) is 0 Å². The quantitative estimate of drug-likeness (QED) is 0.384. The van der Waals surface area contributed by atoms with Crippen LogP contribution in [-0.4, -0.2) is 58.7 Å². The third-order valence-electron chi connectivity index (χ3n) is 5.02. The Morgan fingerprint density at radius 2 is 2.04 bits per heavy atom. The Kier molecular flexibility index (Phi) is 8.56. The summed E-state index contributed by atoms with van der Waals surface area (Å²) in [5.74, 6) is 2.53. The normalized spacial score (nSPS) is 16.5. The van der Waals surface area contributed by atoms with Gasteiger partial charge >= 0.3 is 0 Å². The molecule has 0 bridgehead atoms. The standard InChI is InChI=1S/C18H29N7.HI/c1-3-24-12-8-15(9-13-24)7-10-20-18(19-2)21-14-17-23-22-16-6-4-5-11-25(16)17;/h4-6,11,15H,3,7-10,12-14H2,1-2H3,(H2,19,20,21);1H. The van der Waals surface area contributed by atoms with Gasteiger partial charge in [0.25, 0.3) is 0 Å². The summed E-state index contributed by atoms with van der Waals surface area (Å²) in [6.45, 7) is 7.47. The molecular weight excluding hydrogens is 441 g/mol. The van der Waals surface area contributed by atoms with Crippen LogP contribution in [-0.2, 0) is 6.54 Å². The number of nitrogens with one attached hydrogen (secondary N) is 2. The summed E-state index contributed by atoms with van der Waals surface area (Å²) >= 11 is 0. The number of nitrogens with zero attached hydrogens (tertiary/aromatic N) is 5. The van der Waals surface area contributed by atoms with Crippen molar-refractivity contribution in [2.24, 2.45) is 10.9 Å². The zero-order valence-electron chi connectivity index (χ0n) is 15.7. The van der Waals surface area contributed by atoms with E-state index < -0.39 is 0 Å². The maximum Gasteiger partial charge on any atom is 0.191 e. The first-order valence-corrected chi connectivity index (χ1v) is 9.25. The monoisotopic (exact) mass is 471 g/mol. The summed E-state index contributed by atoms with van der Waals surface area (Å²) in [7, 11) is 1.80. The molecule has 26 heavy (non-hydrogen) atoms. The second kappa shape index (κ2) is 10.7. The summed E-state index contributed by atoms with van der Waals surface area (Å²) in [5, 5.41) is 15.1. The minimum Gasteiger partial charge on any atom is -0.356 e. The molecule has 1 aliphatic heterocycles. The molecule has 0 radical (unpaired) electrons. The van der Waals surface area contributed by atoms with Crippen LogP contribution < -0.4 is 10.6 Å². The van der Waals surface area contributed by atoms with Crippen molar-refractivity contribution in [1.82, 2.24) is 30.1 Å². The van der Waals surface area contributed by atoms with Crippen LogP contribution in [0.4, 0.5) is 0 Å². The van der Waals surface area contributed by atoms with Crippen LogP contribution >= 0.6 is 24.0 Å². The number of halogens is 1. The zero-order valence-corrected chi connectivity index (χ0v) is 18.0. The molecule has 7 nitrogen and oxygen atoms in total. The van der Waals surface area contributed by atoms with Crippen LogP contribution in [0.15, 0.2) is 29.4 Å². The number of guanidine groups is 1. The lowest BCUT2D eigenvalue weighted by Gasteiger charge is -2.31. The fourth-order valence-electron chi connectivity index (χ4n) is 3.38. The molecule has 1 aliphatic rings. The molecule has 0 spiro atoms. The van der Waals surface area contributed by atoms with Crippen molar-refractivity contribution < 1.29 is 0 Å². The molecular formula is C18H30IN7. The number of pyridine rings is 1.